The van der Waals surface area contributed by atoms with Crippen LogP contribution in [0.15, 0.2) is 12.1 Å². The number of carbonyl (C=O) groups is 1. The normalized spacial score (nSPS) is 9.80. The standard InChI is InChI=1S/C9H8FNO4/c1-5-7(10)4-3-6(9(12)15-2)8(5)11(13)14/h3-4H,1-2H3. The lowest BCUT2D eigenvalue weighted by Gasteiger charge is -2.03. The largest absolute Gasteiger partial charge is 0.465 e. The van der Waals surface area contributed by atoms with Crippen molar-refractivity contribution >= 4 is 11.7 Å². The fourth-order valence-corrected chi connectivity index (χ4v) is 1.19. The van der Waals surface area contributed by atoms with Gasteiger partial charge in [0.05, 0.1) is 17.6 Å². The molecule has 0 fully saturated rings. The van der Waals surface area contributed by atoms with Crippen molar-refractivity contribution in [2.24, 2.45) is 0 Å². The number of halogens is 1. The molecular formula is C9H8FNO4. The molecule has 5 nitrogen and oxygen atoms in total. The third-order valence-corrected chi connectivity index (χ3v) is 1.95. The molecule has 0 radical (unpaired) electrons. The summed E-state index contributed by atoms with van der Waals surface area (Å²) in [6, 6.07) is 2.03. The zero-order valence-corrected chi connectivity index (χ0v) is 8.11. The first-order chi connectivity index (χ1) is 6.99. The van der Waals surface area contributed by atoms with E-state index in [-0.39, 0.29) is 11.1 Å². The van der Waals surface area contributed by atoms with Crippen LogP contribution in [0.2, 0.25) is 0 Å². The van der Waals surface area contributed by atoms with Gasteiger partial charge in [-0.1, -0.05) is 0 Å². The molecule has 0 aliphatic heterocycles. The molecule has 1 aromatic carbocycles. The smallest absolute Gasteiger partial charge is 0.344 e. The van der Waals surface area contributed by atoms with Gasteiger partial charge in [0, 0.05) is 0 Å². The summed E-state index contributed by atoms with van der Waals surface area (Å²) >= 11 is 0. The van der Waals surface area contributed by atoms with Gasteiger partial charge in [-0.2, -0.15) is 0 Å². The monoisotopic (exact) mass is 213 g/mol. The van der Waals surface area contributed by atoms with Crippen LogP contribution in [0.4, 0.5) is 10.1 Å². The summed E-state index contributed by atoms with van der Waals surface area (Å²) in [6.07, 6.45) is 0. The first-order valence-corrected chi connectivity index (χ1v) is 4.00. The number of nitrogens with zero attached hydrogens (tertiary/aromatic N) is 1. The van der Waals surface area contributed by atoms with Crippen molar-refractivity contribution in [2.45, 2.75) is 6.92 Å². The Bertz CT molecular complexity index is 430. The number of hydrogen-bond donors (Lipinski definition) is 0. The number of ether oxygens (including phenoxy) is 1. The molecule has 0 aliphatic rings. The Balaban J connectivity index is 3.46. The van der Waals surface area contributed by atoms with Crippen molar-refractivity contribution in [1.29, 1.82) is 0 Å². The van der Waals surface area contributed by atoms with Crippen molar-refractivity contribution in [3.05, 3.63) is 39.2 Å². The van der Waals surface area contributed by atoms with Gasteiger partial charge in [-0.3, -0.25) is 10.1 Å². The van der Waals surface area contributed by atoms with E-state index in [1.165, 1.54) is 6.92 Å². The summed E-state index contributed by atoms with van der Waals surface area (Å²) < 4.78 is 17.4. The number of esters is 1. The Morgan fingerprint density at radius 3 is 2.60 bits per heavy atom. The zero-order chi connectivity index (χ0) is 11.6. The molecule has 1 aromatic rings. The Morgan fingerprint density at radius 2 is 2.13 bits per heavy atom. The molecule has 80 valence electrons. The average molecular weight is 213 g/mol. The number of carbonyl (C=O) groups excluding carboxylic acids is 1. The fourth-order valence-electron chi connectivity index (χ4n) is 1.19. The van der Waals surface area contributed by atoms with Crippen LogP contribution in [0.3, 0.4) is 0 Å². The maximum absolute atomic E-state index is 13.0. The van der Waals surface area contributed by atoms with Crippen LogP contribution >= 0.6 is 0 Å². The number of benzene rings is 1. The maximum Gasteiger partial charge on any atom is 0.344 e. The number of nitro benzene ring substituents is 1. The molecule has 0 aromatic heterocycles. The van der Waals surface area contributed by atoms with Gasteiger partial charge >= 0.3 is 5.97 Å². The van der Waals surface area contributed by atoms with Crippen LogP contribution in [0.1, 0.15) is 15.9 Å². The molecule has 0 atom stereocenters. The van der Waals surface area contributed by atoms with Crippen molar-refractivity contribution in [2.75, 3.05) is 7.11 Å². The Labute approximate surface area is 84.6 Å². The van der Waals surface area contributed by atoms with Gasteiger partial charge in [0.15, 0.2) is 0 Å². The van der Waals surface area contributed by atoms with Crippen LogP contribution in [0.5, 0.6) is 0 Å². The number of methoxy groups -OCH3 is 1. The lowest BCUT2D eigenvalue weighted by Crippen LogP contribution is -2.08. The lowest BCUT2D eigenvalue weighted by atomic mass is 10.1. The Kier molecular flexibility index (Phi) is 2.99. The van der Waals surface area contributed by atoms with Gasteiger partial charge in [-0.15, -0.1) is 0 Å². The van der Waals surface area contributed by atoms with Crippen LogP contribution in [-0.2, 0) is 4.74 Å². The number of hydrogen-bond acceptors (Lipinski definition) is 4. The molecule has 1 rings (SSSR count). The highest BCUT2D eigenvalue weighted by Gasteiger charge is 2.25. The van der Waals surface area contributed by atoms with E-state index in [9.17, 15) is 19.3 Å². The summed E-state index contributed by atoms with van der Waals surface area (Å²) in [6.45, 7) is 1.24. The molecular weight excluding hydrogens is 205 g/mol. The summed E-state index contributed by atoms with van der Waals surface area (Å²) in [5, 5.41) is 10.6. The van der Waals surface area contributed by atoms with Crippen LogP contribution in [-0.4, -0.2) is 18.0 Å². The minimum Gasteiger partial charge on any atom is -0.465 e. The number of rotatable bonds is 2. The highest BCUT2D eigenvalue weighted by atomic mass is 19.1. The lowest BCUT2D eigenvalue weighted by molar-refractivity contribution is -0.385. The third kappa shape index (κ3) is 1.93. The molecule has 0 aliphatic carbocycles. The van der Waals surface area contributed by atoms with Gasteiger partial charge < -0.3 is 4.74 Å². The van der Waals surface area contributed by atoms with Gasteiger partial charge in [0.1, 0.15) is 11.4 Å². The summed E-state index contributed by atoms with van der Waals surface area (Å²) in [5.74, 6) is -1.58. The topological polar surface area (TPSA) is 69.4 Å². The molecule has 0 amide bonds. The first-order valence-electron chi connectivity index (χ1n) is 4.00. The summed E-state index contributed by atoms with van der Waals surface area (Å²) in [7, 11) is 1.10. The van der Waals surface area contributed by atoms with Gasteiger partial charge in [0.2, 0.25) is 0 Å². The quantitative estimate of drug-likeness (QED) is 0.427. The predicted octanol–water partition coefficient (Wildman–Crippen LogP) is 1.83. The first kappa shape index (κ1) is 11.1. The highest BCUT2D eigenvalue weighted by molar-refractivity contribution is 5.94. The van der Waals surface area contributed by atoms with Gasteiger partial charge in [-0.05, 0) is 19.1 Å². The molecule has 0 saturated heterocycles. The van der Waals surface area contributed by atoms with E-state index in [0.717, 1.165) is 19.2 Å². The minimum absolute atomic E-state index is 0.178. The van der Waals surface area contributed by atoms with Crippen molar-refractivity contribution in [3.63, 3.8) is 0 Å². The molecule has 0 N–H and O–H groups in total. The third-order valence-electron chi connectivity index (χ3n) is 1.95. The van der Waals surface area contributed by atoms with Crippen molar-refractivity contribution < 1.29 is 18.8 Å². The average Bonchev–Trinajstić information content (AvgIpc) is 2.20. The van der Waals surface area contributed by atoms with E-state index < -0.39 is 22.4 Å². The zero-order valence-electron chi connectivity index (χ0n) is 8.11. The highest BCUT2D eigenvalue weighted by Crippen LogP contribution is 2.25. The van der Waals surface area contributed by atoms with Crippen molar-refractivity contribution in [1.82, 2.24) is 0 Å². The van der Waals surface area contributed by atoms with E-state index in [1.807, 2.05) is 0 Å². The maximum atomic E-state index is 13.0. The predicted molar refractivity (Wildman–Crippen MR) is 49.1 cm³/mol. The van der Waals surface area contributed by atoms with E-state index in [0.29, 0.717) is 0 Å². The molecule has 6 heteroatoms. The van der Waals surface area contributed by atoms with Crippen LogP contribution in [0.25, 0.3) is 0 Å². The SMILES string of the molecule is COC(=O)c1ccc(F)c(C)c1[N+](=O)[O-]. The van der Waals surface area contributed by atoms with Gasteiger partial charge in [-0.25, -0.2) is 9.18 Å². The molecule has 0 spiro atoms. The molecule has 0 unspecified atom stereocenters. The summed E-state index contributed by atoms with van der Waals surface area (Å²) in [5.41, 5.74) is -0.980. The van der Waals surface area contributed by atoms with E-state index >= 15 is 0 Å². The van der Waals surface area contributed by atoms with Gasteiger partial charge in [0.25, 0.3) is 5.69 Å². The van der Waals surface area contributed by atoms with E-state index in [2.05, 4.69) is 4.74 Å². The molecule has 0 saturated carbocycles. The molecule has 15 heavy (non-hydrogen) atoms. The second kappa shape index (κ2) is 4.04. The van der Waals surface area contributed by atoms with Crippen LogP contribution < -0.4 is 0 Å². The fraction of sp³-hybridized carbons (Fsp3) is 0.222. The Hall–Kier alpha value is -1.98. The Morgan fingerprint density at radius 1 is 1.53 bits per heavy atom. The second-order valence-corrected chi connectivity index (χ2v) is 2.82. The minimum atomic E-state index is -0.857. The molecule has 0 heterocycles. The van der Waals surface area contributed by atoms with Crippen molar-refractivity contribution in [3.8, 4) is 0 Å². The number of nitro groups is 1. The summed E-state index contributed by atoms with van der Waals surface area (Å²) in [4.78, 5) is 21.0. The molecule has 0 bridgehead atoms. The van der Waals surface area contributed by atoms with Crippen LogP contribution in [0, 0.1) is 22.9 Å². The van der Waals surface area contributed by atoms with E-state index in [1.54, 1.807) is 0 Å². The second-order valence-electron chi connectivity index (χ2n) is 2.82. The van der Waals surface area contributed by atoms with E-state index in [4.69, 9.17) is 0 Å².